The first kappa shape index (κ1) is 14.0. The summed E-state index contributed by atoms with van der Waals surface area (Å²) in [6.07, 6.45) is 0.891. The molecule has 0 fully saturated rings. The van der Waals surface area contributed by atoms with Crippen molar-refractivity contribution in [3.63, 3.8) is 0 Å². The SMILES string of the molecule is CC(C)CCNC(=O)Nc1cccc([N+](=O)[O-])c1. The normalized spacial score (nSPS) is 10.2. The van der Waals surface area contributed by atoms with Crippen LogP contribution in [-0.2, 0) is 0 Å². The lowest BCUT2D eigenvalue weighted by Crippen LogP contribution is -2.30. The fourth-order valence-corrected chi connectivity index (χ4v) is 1.35. The first-order chi connectivity index (χ1) is 8.49. The Balaban J connectivity index is 2.49. The maximum atomic E-state index is 11.5. The smallest absolute Gasteiger partial charge is 0.319 e. The highest BCUT2D eigenvalue weighted by Crippen LogP contribution is 2.16. The molecule has 0 aliphatic carbocycles. The molecule has 0 aliphatic heterocycles. The summed E-state index contributed by atoms with van der Waals surface area (Å²) in [5.74, 6) is 0.517. The van der Waals surface area contributed by atoms with Crippen LogP contribution in [0.4, 0.5) is 16.2 Å². The molecule has 0 aliphatic rings. The zero-order valence-corrected chi connectivity index (χ0v) is 10.5. The van der Waals surface area contributed by atoms with E-state index in [1.54, 1.807) is 6.07 Å². The summed E-state index contributed by atoms with van der Waals surface area (Å²) in [5, 5.41) is 15.8. The zero-order valence-electron chi connectivity index (χ0n) is 10.5. The predicted molar refractivity (Wildman–Crippen MR) is 69.6 cm³/mol. The zero-order chi connectivity index (χ0) is 13.5. The molecule has 0 heterocycles. The molecule has 0 aromatic heterocycles. The molecule has 0 unspecified atom stereocenters. The monoisotopic (exact) mass is 251 g/mol. The summed E-state index contributed by atoms with van der Waals surface area (Å²) in [7, 11) is 0. The minimum Gasteiger partial charge on any atom is -0.338 e. The predicted octanol–water partition coefficient (Wildman–Crippen LogP) is 2.76. The lowest BCUT2D eigenvalue weighted by molar-refractivity contribution is -0.384. The number of carbonyl (C=O) groups is 1. The number of benzene rings is 1. The lowest BCUT2D eigenvalue weighted by Gasteiger charge is -2.08. The Labute approximate surface area is 106 Å². The van der Waals surface area contributed by atoms with Crippen molar-refractivity contribution in [3.8, 4) is 0 Å². The second-order valence-electron chi connectivity index (χ2n) is 4.37. The van der Waals surface area contributed by atoms with Crippen LogP contribution in [0.5, 0.6) is 0 Å². The molecule has 6 nitrogen and oxygen atoms in total. The number of nitrogens with zero attached hydrogens (tertiary/aromatic N) is 1. The topological polar surface area (TPSA) is 84.3 Å². The van der Waals surface area contributed by atoms with E-state index in [0.717, 1.165) is 6.42 Å². The highest BCUT2D eigenvalue weighted by Gasteiger charge is 2.07. The van der Waals surface area contributed by atoms with Gasteiger partial charge in [0.2, 0.25) is 0 Å². The summed E-state index contributed by atoms with van der Waals surface area (Å²) < 4.78 is 0. The third-order valence-electron chi connectivity index (χ3n) is 2.32. The molecule has 1 rings (SSSR count). The van der Waals surface area contributed by atoms with E-state index in [4.69, 9.17) is 0 Å². The number of nitro groups is 1. The van der Waals surface area contributed by atoms with Gasteiger partial charge in [0.1, 0.15) is 0 Å². The van der Waals surface area contributed by atoms with E-state index in [0.29, 0.717) is 18.2 Å². The van der Waals surface area contributed by atoms with Gasteiger partial charge in [0, 0.05) is 24.4 Å². The van der Waals surface area contributed by atoms with Crippen LogP contribution in [-0.4, -0.2) is 17.5 Å². The standard InChI is InChI=1S/C12H17N3O3/c1-9(2)6-7-13-12(16)14-10-4-3-5-11(8-10)15(17)18/h3-5,8-9H,6-7H2,1-2H3,(H2,13,14,16). The van der Waals surface area contributed by atoms with E-state index in [1.807, 2.05) is 0 Å². The maximum absolute atomic E-state index is 11.5. The summed E-state index contributed by atoms with van der Waals surface area (Å²) in [6.45, 7) is 4.72. The van der Waals surface area contributed by atoms with Crippen LogP contribution in [0.15, 0.2) is 24.3 Å². The van der Waals surface area contributed by atoms with Gasteiger partial charge in [-0.2, -0.15) is 0 Å². The Morgan fingerprint density at radius 3 is 2.78 bits per heavy atom. The number of nitro benzene ring substituents is 1. The van der Waals surface area contributed by atoms with Crippen LogP contribution in [0, 0.1) is 16.0 Å². The van der Waals surface area contributed by atoms with Gasteiger partial charge in [-0.25, -0.2) is 4.79 Å². The van der Waals surface area contributed by atoms with Crippen molar-refractivity contribution in [1.29, 1.82) is 0 Å². The summed E-state index contributed by atoms with van der Waals surface area (Å²) in [5.41, 5.74) is 0.362. The summed E-state index contributed by atoms with van der Waals surface area (Å²) in [4.78, 5) is 21.5. The molecular weight excluding hydrogens is 234 g/mol. The van der Waals surface area contributed by atoms with Gasteiger partial charge in [-0.3, -0.25) is 10.1 Å². The van der Waals surface area contributed by atoms with Crippen LogP contribution in [0.2, 0.25) is 0 Å². The molecule has 2 N–H and O–H groups in total. The van der Waals surface area contributed by atoms with Crippen LogP contribution in [0.1, 0.15) is 20.3 Å². The molecule has 6 heteroatoms. The van der Waals surface area contributed by atoms with Gasteiger partial charge >= 0.3 is 6.03 Å². The third-order valence-corrected chi connectivity index (χ3v) is 2.32. The van der Waals surface area contributed by atoms with Crippen molar-refractivity contribution in [3.05, 3.63) is 34.4 Å². The first-order valence-corrected chi connectivity index (χ1v) is 5.78. The number of nitrogens with one attached hydrogen (secondary N) is 2. The number of hydrogen-bond acceptors (Lipinski definition) is 3. The maximum Gasteiger partial charge on any atom is 0.319 e. The van der Waals surface area contributed by atoms with Crippen molar-refractivity contribution in [2.24, 2.45) is 5.92 Å². The van der Waals surface area contributed by atoms with Crippen molar-refractivity contribution < 1.29 is 9.72 Å². The number of carbonyl (C=O) groups excluding carboxylic acids is 1. The van der Waals surface area contributed by atoms with E-state index in [-0.39, 0.29) is 11.7 Å². The molecular formula is C12H17N3O3. The highest BCUT2D eigenvalue weighted by atomic mass is 16.6. The molecule has 0 saturated heterocycles. The Kier molecular flexibility index (Phi) is 5.10. The van der Waals surface area contributed by atoms with E-state index in [9.17, 15) is 14.9 Å². The third kappa shape index (κ3) is 4.82. The molecule has 2 amide bonds. The van der Waals surface area contributed by atoms with E-state index >= 15 is 0 Å². The Morgan fingerprint density at radius 1 is 1.44 bits per heavy atom. The molecule has 0 atom stereocenters. The second kappa shape index (κ2) is 6.58. The average molecular weight is 251 g/mol. The Bertz CT molecular complexity index is 432. The van der Waals surface area contributed by atoms with Crippen LogP contribution < -0.4 is 10.6 Å². The molecule has 18 heavy (non-hydrogen) atoms. The van der Waals surface area contributed by atoms with E-state index in [2.05, 4.69) is 24.5 Å². The molecule has 0 radical (unpaired) electrons. The van der Waals surface area contributed by atoms with Crippen molar-refractivity contribution in [2.75, 3.05) is 11.9 Å². The molecule has 98 valence electrons. The molecule has 1 aromatic carbocycles. The van der Waals surface area contributed by atoms with Gasteiger partial charge in [-0.05, 0) is 18.4 Å². The summed E-state index contributed by atoms with van der Waals surface area (Å²) in [6, 6.07) is 5.48. The highest BCUT2D eigenvalue weighted by molar-refractivity contribution is 5.89. The lowest BCUT2D eigenvalue weighted by atomic mass is 10.1. The van der Waals surface area contributed by atoms with E-state index in [1.165, 1.54) is 18.2 Å². The van der Waals surface area contributed by atoms with Crippen molar-refractivity contribution >= 4 is 17.4 Å². The second-order valence-corrected chi connectivity index (χ2v) is 4.37. The average Bonchev–Trinajstić information content (AvgIpc) is 2.28. The fraction of sp³-hybridized carbons (Fsp3) is 0.417. The number of hydrogen-bond donors (Lipinski definition) is 2. The van der Waals surface area contributed by atoms with Gasteiger partial charge in [0.15, 0.2) is 0 Å². The van der Waals surface area contributed by atoms with Crippen molar-refractivity contribution in [1.82, 2.24) is 5.32 Å². The van der Waals surface area contributed by atoms with Gasteiger partial charge in [-0.1, -0.05) is 19.9 Å². The number of urea groups is 1. The van der Waals surface area contributed by atoms with E-state index < -0.39 is 4.92 Å². The summed E-state index contributed by atoms with van der Waals surface area (Å²) >= 11 is 0. The van der Waals surface area contributed by atoms with Crippen LogP contribution in [0.3, 0.4) is 0 Å². The van der Waals surface area contributed by atoms with Gasteiger partial charge < -0.3 is 10.6 Å². The van der Waals surface area contributed by atoms with Crippen LogP contribution in [0.25, 0.3) is 0 Å². The first-order valence-electron chi connectivity index (χ1n) is 5.78. The molecule has 0 spiro atoms. The Hall–Kier alpha value is -2.11. The largest absolute Gasteiger partial charge is 0.338 e. The van der Waals surface area contributed by atoms with Gasteiger partial charge in [0.05, 0.1) is 4.92 Å². The van der Waals surface area contributed by atoms with Gasteiger partial charge in [0.25, 0.3) is 5.69 Å². The van der Waals surface area contributed by atoms with Crippen LogP contribution >= 0.6 is 0 Å². The minimum atomic E-state index is -0.498. The Morgan fingerprint density at radius 2 is 2.17 bits per heavy atom. The minimum absolute atomic E-state index is 0.0463. The molecule has 1 aromatic rings. The molecule has 0 saturated carbocycles. The fourth-order valence-electron chi connectivity index (χ4n) is 1.35. The number of amides is 2. The quantitative estimate of drug-likeness (QED) is 0.623. The van der Waals surface area contributed by atoms with Gasteiger partial charge in [-0.15, -0.1) is 0 Å². The van der Waals surface area contributed by atoms with Crippen molar-refractivity contribution in [2.45, 2.75) is 20.3 Å². The number of anilines is 1. The molecule has 0 bridgehead atoms. The number of rotatable bonds is 5. The number of non-ortho nitro benzene ring substituents is 1.